The third kappa shape index (κ3) is 2.46. The Morgan fingerprint density at radius 2 is 2.12 bits per heavy atom. The minimum absolute atomic E-state index is 0.0606. The molecule has 4 heteroatoms. The predicted octanol–water partition coefficient (Wildman–Crippen LogP) is 1.95. The molecule has 2 aromatic rings. The first-order valence-electron chi connectivity index (χ1n) is 5.07. The zero-order chi connectivity index (χ0) is 11.4. The van der Waals surface area contributed by atoms with E-state index in [1.807, 2.05) is 41.1 Å². The van der Waals surface area contributed by atoms with Crippen molar-refractivity contribution in [3.05, 3.63) is 54.6 Å². The van der Waals surface area contributed by atoms with Crippen LogP contribution in [0.15, 0.2) is 49.1 Å². The van der Waals surface area contributed by atoms with E-state index in [4.69, 9.17) is 18.0 Å². The Balaban J connectivity index is 2.22. The van der Waals surface area contributed by atoms with Crippen molar-refractivity contribution in [2.45, 2.75) is 12.5 Å². The lowest BCUT2D eigenvalue weighted by Gasteiger charge is -2.16. The molecule has 0 amide bonds. The average molecular weight is 231 g/mol. The van der Waals surface area contributed by atoms with Crippen molar-refractivity contribution in [3.63, 3.8) is 0 Å². The molecule has 0 saturated carbocycles. The minimum Gasteiger partial charge on any atom is -0.393 e. The number of hydrogen-bond donors (Lipinski definition) is 1. The second-order valence-corrected chi connectivity index (χ2v) is 4.10. The molecule has 16 heavy (non-hydrogen) atoms. The molecule has 1 atom stereocenters. The van der Waals surface area contributed by atoms with E-state index in [1.54, 1.807) is 12.5 Å². The molecule has 0 radical (unpaired) electrons. The molecular weight excluding hydrogens is 218 g/mol. The van der Waals surface area contributed by atoms with Crippen LogP contribution in [-0.4, -0.2) is 14.5 Å². The number of benzene rings is 1. The van der Waals surface area contributed by atoms with Crippen LogP contribution in [0.2, 0.25) is 0 Å². The second kappa shape index (κ2) is 4.90. The Morgan fingerprint density at radius 3 is 2.69 bits per heavy atom. The minimum atomic E-state index is 0.0606. The number of nitrogens with zero attached hydrogens (tertiary/aromatic N) is 2. The SMILES string of the molecule is NC(=S)C(Cn1ccnc1)c1ccccc1. The van der Waals surface area contributed by atoms with E-state index in [1.165, 1.54) is 0 Å². The van der Waals surface area contributed by atoms with E-state index in [0.717, 1.165) is 12.1 Å². The molecule has 0 fully saturated rings. The van der Waals surface area contributed by atoms with Gasteiger partial charge in [-0.3, -0.25) is 0 Å². The standard InChI is InChI=1S/C12H13N3S/c13-12(16)11(8-15-7-6-14-9-15)10-4-2-1-3-5-10/h1-7,9,11H,8H2,(H2,13,16). The Kier molecular flexibility index (Phi) is 3.31. The number of hydrogen-bond acceptors (Lipinski definition) is 2. The fourth-order valence-electron chi connectivity index (χ4n) is 1.65. The molecule has 1 unspecified atom stereocenters. The fraction of sp³-hybridized carbons (Fsp3) is 0.167. The van der Waals surface area contributed by atoms with E-state index < -0.39 is 0 Å². The first kappa shape index (κ1) is 10.8. The summed E-state index contributed by atoms with van der Waals surface area (Å²) in [6.07, 6.45) is 5.43. The van der Waals surface area contributed by atoms with Crippen LogP contribution in [0.3, 0.4) is 0 Å². The zero-order valence-corrected chi connectivity index (χ0v) is 9.60. The molecule has 0 aliphatic heterocycles. The van der Waals surface area contributed by atoms with Gasteiger partial charge < -0.3 is 10.3 Å². The molecule has 82 valence electrons. The Labute approximate surface area is 99.9 Å². The molecule has 0 bridgehead atoms. The lowest BCUT2D eigenvalue weighted by atomic mass is 9.99. The highest BCUT2D eigenvalue weighted by Gasteiger charge is 2.14. The molecular formula is C12H13N3S. The summed E-state index contributed by atoms with van der Waals surface area (Å²) in [5.41, 5.74) is 6.93. The van der Waals surface area contributed by atoms with Gasteiger partial charge in [0.15, 0.2) is 0 Å². The van der Waals surface area contributed by atoms with Gasteiger partial charge in [-0.15, -0.1) is 0 Å². The highest BCUT2D eigenvalue weighted by molar-refractivity contribution is 7.80. The lowest BCUT2D eigenvalue weighted by Crippen LogP contribution is -2.23. The Morgan fingerprint density at radius 1 is 1.38 bits per heavy atom. The molecule has 1 aromatic heterocycles. The van der Waals surface area contributed by atoms with Crippen LogP contribution in [0.1, 0.15) is 11.5 Å². The normalized spacial score (nSPS) is 12.2. The molecule has 1 aromatic carbocycles. The molecule has 0 aliphatic carbocycles. The van der Waals surface area contributed by atoms with Crippen molar-refractivity contribution in [3.8, 4) is 0 Å². The summed E-state index contributed by atoms with van der Waals surface area (Å²) in [6.45, 7) is 0.735. The molecule has 0 aliphatic rings. The van der Waals surface area contributed by atoms with Gasteiger partial charge in [-0.25, -0.2) is 4.98 Å². The predicted molar refractivity (Wildman–Crippen MR) is 68.2 cm³/mol. The van der Waals surface area contributed by atoms with E-state index in [0.29, 0.717) is 4.99 Å². The number of rotatable bonds is 4. The maximum atomic E-state index is 5.78. The smallest absolute Gasteiger partial charge is 0.0946 e. The largest absolute Gasteiger partial charge is 0.393 e. The summed E-state index contributed by atoms with van der Waals surface area (Å²) in [6, 6.07) is 10.1. The van der Waals surface area contributed by atoms with Gasteiger partial charge in [0, 0.05) is 18.9 Å². The van der Waals surface area contributed by atoms with Crippen molar-refractivity contribution in [2.75, 3.05) is 0 Å². The Hall–Kier alpha value is -1.68. The van der Waals surface area contributed by atoms with Gasteiger partial charge in [-0.1, -0.05) is 42.5 Å². The van der Waals surface area contributed by atoms with Gasteiger partial charge in [0.05, 0.1) is 17.2 Å². The van der Waals surface area contributed by atoms with Crippen molar-refractivity contribution < 1.29 is 0 Å². The van der Waals surface area contributed by atoms with Crippen LogP contribution in [0, 0.1) is 0 Å². The maximum Gasteiger partial charge on any atom is 0.0946 e. The van der Waals surface area contributed by atoms with Crippen LogP contribution in [-0.2, 0) is 6.54 Å². The Bertz CT molecular complexity index is 450. The first-order chi connectivity index (χ1) is 7.77. The van der Waals surface area contributed by atoms with E-state index in [9.17, 15) is 0 Å². The van der Waals surface area contributed by atoms with Crippen molar-refractivity contribution in [1.82, 2.24) is 9.55 Å². The summed E-state index contributed by atoms with van der Waals surface area (Å²) < 4.78 is 1.98. The third-order valence-corrected chi connectivity index (χ3v) is 2.78. The first-order valence-corrected chi connectivity index (χ1v) is 5.48. The summed E-state index contributed by atoms with van der Waals surface area (Å²) in [4.78, 5) is 4.52. The van der Waals surface area contributed by atoms with Crippen molar-refractivity contribution >= 4 is 17.2 Å². The van der Waals surface area contributed by atoms with Crippen LogP contribution < -0.4 is 5.73 Å². The summed E-state index contributed by atoms with van der Waals surface area (Å²) >= 11 is 5.12. The third-order valence-electron chi connectivity index (χ3n) is 2.50. The van der Waals surface area contributed by atoms with Gasteiger partial charge >= 0.3 is 0 Å². The van der Waals surface area contributed by atoms with E-state index in [-0.39, 0.29) is 5.92 Å². The summed E-state index contributed by atoms with van der Waals surface area (Å²) in [5.74, 6) is 0.0606. The van der Waals surface area contributed by atoms with Crippen LogP contribution in [0.25, 0.3) is 0 Å². The van der Waals surface area contributed by atoms with Gasteiger partial charge in [0.1, 0.15) is 0 Å². The number of thiocarbonyl (C=S) groups is 1. The zero-order valence-electron chi connectivity index (χ0n) is 8.78. The van der Waals surface area contributed by atoms with E-state index >= 15 is 0 Å². The molecule has 2 N–H and O–H groups in total. The number of imidazole rings is 1. The average Bonchev–Trinajstić information content (AvgIpc) is 2.79. The van der Waals surface area contributed by atoms with Gasteiger partial charge in [-0.05, 0) is 5.56 Å². The molecule has 0 saturated heterocycles. The van der Waals surface area contributed by atoms with Crippen LogP contribution >= 0.6 is 12.2 Å². The van der Waals surface area contributed by atoms with Crippen LogP contribution in [0.4, 0.5) is 0 Å². The summed E-state index contributed by atoms with van der Waals surface area (Å²) in [7, 11) is 0. The van der Waals surface area contributed by atoms with Gasteiger partial charge in [0.25, 0.3) is 0 Å². The maximum absolute atomic E-state index is 5.78. The lowest BCUT2D eigenvalue weighted by molar-refractivity contribution is 0.660. The number of aromatic nitrogens is 2. The molecule has 2 rings (SSSR count). The monoisotopic (exact) mass is 231 g/mol. The fourth-order valence-corrected chi connectivity index (χ4v) is 1.86. The second-order valence-electron chi connectivity index (χ2n) is 3.63. The summed E-state index contributed by atoms with van der Waals surface area (Å²) in [5, 5.41) is 0. The van der Waals surface area contributed by atoms with Gasteiger partial charge in [0.2, 0.25) is 0 Å². The topological polar surface area (TPSA) is 43.8 Å². The van der Waals surface area contributed by atoms with Crippen LogP contribution in [0.5, 0.6) is 0 Å². The highest BCUT2D eigenvalue weighted by atomic mass is 32.1. The van der Waals surface area contributed by atoms with E-state index in [2.05, 4.69) is 4.98 Å². The molecule has 0 spiro atoms. The van der Waals surface area contributed by atoms with Gasteiger partial charge in [-0.2, -0.15) is 0 Å². The van der Waals surface area contributed by atoms with Crippen molar-refractivity contribution in [2.24, 2.45) is 5.73 Å². The molecule has 3 nitrogen and oxygen atoms in total. The molecule has 1 heterocycles. The van der Waals surface area contributed by atoms with Crippen molar-refractivity contribution in [1.29, 1.82) is 0 Å². The number of nitrogens with two attached hydrogens (primary N) is 1. The highest BCUT2D eigenvalue weighted by Crippen LogP contribution is 2.18. The quantitative estimate of drug-likeness (QED) is 0.818.